The quantitative estimate of drug-likeness (QED) is 0.926. The Bertz CT molecular complexity index is 549. The molecule has 0 spiro atoms. The van der Waals surface area contributed by atoms with Crippen molar-refractivity contribution in [2.75, 3.05) is 19.6 Å². The molecule has 2 N–H and O–H groups in total. The van der Waals surface area contributed by atoms with Crippen LogP contribution in [0.2, 0.25) is 0 Å². The number of hydrogen-bond donors (Lipinski definition) is 1. The first kappa shape index (κ1) is 13.3. The number of rotatable bonds is 4. The van der Waals surface area contributed by atoms with Gasteiger partial charge in [0.2, 0.25) is 0 Å². The van der Waals surface area contributed by atoms with E-state index in [9.17, 15) is 0 Å². The summed E-state index contributed by atoms with van der Waals surface area (Å²) in [5, 5.41) is 4.48. The summed E-state index contributed by atoms with van der Waals surface area (Å²) in [7, 11) is 0. The van der Waals surface area contributed by atoms with E-state index >= 15 is 0 Å². The van der Waals surface area contributed by atoms with Gasteiger partial charge in [0.05, 0.1) is 17.9 Å². The molecule has 0 aliphatic carbocycles. The van der Waals surface area contributed by atoms with E-state index in [-0.39, 0.29) is 6.04 Å². The van der Waals surface area contributed by atoms with Gasteiger partial charge in [0.15, 0.2) is 0 Å². The highest BCUT2D eigenvalue weighted by Crippen LogP contribution is 2.27. The number of benzene rings is 1. The van der Waals surface area contributed by atoms with Crippen molar-refractivity contribution in [1.29, 1.82) is 0 Å². The molecule has 2 unspecified atom stereocenters. The molecule has 2 aromatic rings. The molecule has 0 radical (unpaired) electrons. The minimum atomic E-state index is 0.289. The first-order valence-corrected chi connectivity index (χ1v) is 7.32. The second kappa shape index (κ2) is 5.77. The third-order valence-corrected chi connectivity index (χ3v) is 4.13. The van der Waals surface area contributed by atoms with E-state index in [0.29, 0.717) is 6.54 Å². The van der Waals surface area contributed by atoms with Crippen LogP contribution in [0.3, 0.4) is 0 Å². The molecule has 2 heterocycles. The normalized spacial score (nSPS) is 21.2. The van der Waals surface area contributed by atoms with E-state index in [1.807, 2.05) is 29.1 Å². The van der Waals surface area contributed by atoms with Crippen molar-refractivity contribution < 1.29 is 0 Å². The highest BCUT2D eigenvalue weighted by atomic mass is 15.3. The van der Waals surface area contributed by atoms with Crippen LogP contribution in [0.15, 0.2) is 42.7 Å². The van der Waals surface area contributed by atoms with Crippen LogP contribution in [0.1, 0.15) is 24.9 Å². The Labute approximate surface area is 120 Å². The lowest BCUT2D eigenvalue weighted by atomic mass is 10.1. The van der Waals surface area contributed by atoms with Crippen molar-refractivity contribution in [3.05, 3.63) is 48.3 Å². The van der Waals surface area contributed by atoms with Gasteiger partial charge < -0.3 is 5.73 Å². The Hall–Kier alpha value is -1.65. The van der Waals surface area contributed by atoms with Crippen molar-refractivity contribution in [3.8, 4) is 5.69 Å². The summed E-state index contributed by atoms with van der Waals surface area (Å²) >= 11 is 0. The van der Waals surface area contributed by atoms with Crippen molar-refractivity contribution in [2.24, 2.45) is 11.7 Å². The van der Waals surface area contributed by atoms with Crippen molar-refractivity contribution in [2.45, 2.75) is 19.4 Å². The topological polar surface area (TPSA) is 47.1 Å². The Balaban J connectivity index is 1.81. The van der Waals surface area contributed by atoms with E-state index in [4.69, 9.17) is 5.73 Å². The molecule has 1 aliphatic heterocycles. The van der Waals surface area contributed by atoms with E-state index in [1.54, 1.807) is 0 Å². The maximum Gasteiger partial charge on any atom is 0.0645 e. The molecule has 20 heavy (non-hydrogen) atoms. The molecule has 1 aromatic carbocycles. The SMILES string of the molecule is CC1CCN(C(CN)c2cnn(-c3ccccc3)c2)C1. The van der Waals surface area contributed by atoms with Gasteiger partial charge in [-0.15, -0.1) is 0 Å². The maximum atomic E-state index is 6.00. The lowest BCUT2D eigenvalue weighted by Crippen LogP contribution is -2.31. The number of hydrogen-bond acceptors (Lipinski definition) is 3. The van der Waals surface area contributed by atoms with Gasteiger partial charge in [0.25, 0.3) is 0 Å². The molecule has 1 saturated heterocycles. The summed E-state index contributed by atoms with van der Waals surface area (Å²) in [6.07, 6.45) is 5.33. The predicted molar refractivity (Wildman–Crippen MR) is 80.7 cm³/mol. The lowest BCUT2D eigenvalue weighted by molar-refractivity contribution is 0.243. The summed E-state index contributed by atoms with van der Waals surface area (Å²) in [5.41, 5.74) is 8.30. The average Bonchev–Trinajstić information content (AvgIpc) is 3.11. The monoisotopic (exact) mass is 270 g/mol. The first-order chi connectivity index (χ1) is 9.78. The second-order valence-electron chi connectivity index (χ2n) is 5.69. The molecule has 2 atom stereocenters. The van der Waals surface area contributed by atoms with Gasteiger partial charge in [0.1, 0.15) is 0 Å². The molecule has 0 saturated carbocycles. The first-order valence-electron chi connectivity index (χ1n) is 7.32. The van der Waals surface area contributed by atoms with Crippen LogP contribution in [0.4, 0.5) is 0 Å². The molecule has 0 bridgehead atoms. The number of nitrogens with two attached hydrogens (primary N) is 1. The minimum absolute atomic E-state index is 0.289. The Morgan fingerprint density at radius 3 is 2.80 bits per heavy atom. The largest absolute Gasteiger partial charge is 0.329 e. The number of nitrogens with zero attached hydrogens (tertiary/aromatic N) is 3. The molecule has 0 amide bonds. The third-order valence-electron chi connectivity index (χ3n) is 4.13. The number of likely N-dealkylation sites (tertiary alicyclic amines) is 1. The number of para-hydroxylation sites is 1. The fraction of sp³-hybridized carbons (Fsp3) is 0.438. The van der Waals surface area contributed by atoms with Gasteiger partial charge in [-0.3, -0.25) is 4.90 Å². The summed E-state index contributed by atoms with van der Waals surface area (Å²) in [6.45, 7) is 5.23. The zero-order valence-electron chi connectivity index (χ0n) is 11.9. The summed E-state index contributed by atoms with van der Waals surface area (Å²) in [5.74, 6) is 0.771. The van der Waals surface area contributed by atoms with Crippen molar-refractivity contribution in [3.63, 3.8) is 0 Å². The van der Waals surface area contributed by atoms with Crippen molar-refractivity contribution in [1.82, 2.24) is 14.7 Å². The van der Waals surface area contributed by atoms with Gasteiger partial charge in [-0.05, 0) is 31.0 Å². The van der Waals surface area contributed by atoms with Crippen LogP contribution in [0.5, 0.6) is 0 Å². The molecular weight excluding hydrogens is 248 g/mol. The molecular formula is C16H22N4. The maximum absolute atomic E-state index is 6.00. The van der Waals surface area contributed by atoms with Gasteiger partial charge in [0, 0.05) is 24.8 Å². The molecule has 1 fully saturated rings. The fourth-order valence-electron chi connectivity index (χ4n) is 2.98. The summed E-state index contributed by atoms with van der Waals surface area (Å²) in [4.78, 5) is 2.48. The van der Waals surface area contributed by atoms with E-state index in [2.05, 4.69) is 35.3 Å². The predicted octanol–water partition coefficient (Wildman–Crippen LogP) is 2.21. The van der Waals surface area contributed by atoms with Crippen molar-refractivity contribution >= 4 is 0 Å². The van der Waals surface area contributed by atoms with Gasteiger partial charge in [-0.2, -0.15) is 5.10 Å². The second-order valence-corrected chi connectivity index (χ2v) is 5.69. The van der Waals surface area contributed by atoms with Crippen LogP contribution in [0.25, 0.3) is 5.69 Å². The Morgan fingerprint density at radius 2 is 2.15 bits per heavy atom. The Morgan fingerprint density at radius 1 is 1.35 bits per heavy atom. The lowest BCUT2D eigenvalue weighted by Gasteiger charge is -2.25. The average molecular weight is 270 g/mol. The molecule has 1 aliphatic rings. The smallest absolute Gasteiger partial charge is 0.0645 e. The molecule has 3 rings (SSSR count). The van der Waals surface area contributed by atoms with E-state index < -0.39 is 0 Å². The zero-order chi connectivity index (χ0) is 13.9. The summed E-state index contributed by atoms with van der Waals surface area (Å²) < 4.78 is 1.93. The van der Waals surface area contributed by atoms with Gasteiger partial charge >= 0.3 is 0 Å². The standard InChI is InChI=1S/C16H22N4/c1-13-7-8-19(11-13)16(9-17)14-10-18-20(12-14)15-5-3-2-4-6-15/h2-6,10,12-13,16H,7-9,11,17H2,1H3. The van der Waals surface area contributed by atoms with Crippen LogP contribution in [-0.4, -0.2) is 34.3 Å². The third kappa shape index (κ3) is 2.62. The van der Waals surface area contributed by atoms with Crippen LogP contribution < -0.4 is 5.73 Å². The summed E-state index contributed by atoms with van der Waals surface area (Å²) in [6, 6.07) is 10.5. The van der Waals surface area contributed by atoms with Crippen LogP contribution in [-0.2, 0) is 0 Å². The van der Waals surface area contributed by atoms with Gasteiger partial charge in [-0.25, -0.2) is 4.68 Å². The number of aromatic nitrogens is 2. The van der Waals surface area contributed by atoms with E-state index in [0.717, 1.165) is 24.7 Å². The molecule has 4 heteroatoms. The Kier molecular flexibility index (Phi) is 3.85. The zero-order valence-corrected chi connectivity index (χ0v) is 11.9. The molecule has 1 aromatic heterocycles. The highest BCUT2D eigenvalue weighted by molar-refractivity contribution is 5.31. The highest BCUT2D eigenvalue weighted by Gasteiger charge is 2.26. The minimum Gasteiger partial charge on any atom is -0.329 e. The van der Waals surface area contributed by atoms with E-state index in [1.165, 1.54) is 12.0 Å². The molecule has 106 valence electrons. The van der Waals surface area contributed by atoms with Crippen LogP contribution >= 0.6 is 0 Å². The fourth-order valence-corrected chi connectivity index (χ4v) is 2.98. The molecule has 4 nitrogen and oxygen atoms in total. The van der Waals surface area contributed by atoms with Crippen LogP contribution in [0, 0.1) is 5.92 Å². The van der Waals surface area contributed by atoms with Gasteiger partial charge in [-0.1, -0.05) is 25.1 Å².